The van der Waals surface area contributed by atoms with E-state index in [9.17, 15) is 9.59 Å². The van der Waals surface area contributed by atoms with E-state index in [1.54, 1.807) is 24.5 Å². The van der Waals surface area contributed by atoms with Gasteiger partial charge in [-0.3, -0.25) is 14.6 Å². The lowest BCUT2D eigenvalue weighted by molar-refractivity contribution is -0.119. The van der Waals surface area contributed by atoms with Crippen LogP contribution in [0.25, 0.3) is 11.3 Å². The van der Waals surface area contributed by atoms with Crippen molar-refractivity contribution in [2.45, 2.75) is 41.5 Å². The topological polar surface area (TPSA) is 110 Å². The zero-order chi connectivity index (χ0) is 24.5. The van der Waals surface area contributed by atoms with Crippen molar-refractivity contribution in [1.82, 2.24) is 19.9 Å². The van der Waals surface area contributed by atoms with Gasteiger partial charge in [-0.15, -0.1) is 0 Å². The number of amides is 2. The summed E-state index contributed by atoms with van der Waals surface area (Å²) in [7, 11) is 0. The number of anilines is 2. The average molecular weight is 469 g/mol. The fourth-order valence-corrected chi connectivity index (χ4v) is 2.69. The minimum atomic E-state index is -0.0541. The van der Waals surface area contributed by atoms with Crippen LogP contribution in [0.5, 0.6) is 0 Å². The SMILES string of the molecule is Cc1nc(-c2cncnc2)ccc1NC(=O)C(C)C.Cc1nc(Cl)ccc1NC(=O)C(C)C. The standard InChI is InChI=1S/C14H16N4O.C10H13ClN2O/c1-9(2)14(19)18-12-4-5-13(17-10(12)3)11-6-15-8-16-7-11;1-6(2)10(14)13-8-4-5-9(11)12-7(8)3/h4-9H,1-3H3,(H,18,19);4-6H,1-3H3,(H,13,14). The average Bonchev–Trinajstić information content (AvgIpc) is 2.77. The summed E-state index contributed by atoms with van der Waals surface area (Å²) in [5.74, 6) is -0.121. The number of nitrogens with one attached hydrogen (secondary N) is 2. The molecular weight excluding hydrogens is 440 g/mol. The summed E-state index contributed by atoms with van der Waals surface area (Å²) >= 11 is 5.69. The molecule has 0 saturated carbocycles. The van der Waals surface area contributed by atoms with Crippen LogP contribution in [0, 0.1) is 25.7 Å². The summed E-state index contributed by atoms with van der Waals surface area (Å²) in [6.07, 6.45) is 4.90. The van der Waals surface area contributed by atoms with Gasteiger partial charge in [0.2, 0.25) is 11.8 Å². The van der Waals surface area contributed by atoms with E-state index in [0.29, 0.717) is 10.8 Å². The van der Waals surface area contributed by atoms with Crippen molar-refractivity contribution < 1.29 is 9.59 Å². The summed E-state index contributed by atoms with van der Waals surface area (Å²) in [5, 5.41) is 6.07. The molecule has 0 aliphatic rings. The quantitative estimate of drug-likeness (QED) is 0.505. The van der Waals surface area contributed by atoms with Crippen molar-refractivity contribution in [3.63, 3.8) is 0 Å². The zero-order valence-electron chi connectivity index (χ0n) is 19.7. The third-order valence-corrected chi connectivity index (χ3v) is 4.77. The number of hydrogen-bond donors (Lipinski definition) is 2. The number of nitrogens with zero attached hydrogens (tertiary/aromatic N) is 4. The number of halogens is 1. The van der Waals surface area contributed by atoms with Crippen LogP contribution in [0.3, 0.4) is 0 Å². The molecule has 2 N–H and O–H groups in total. The second kappa shape index (κ2) is 12.0. The smallest absolute Gasteiger partial charge is 0.226 e. The van der Waals surface area contributed by atoms with Crippen LogP contribution in [-0.4, -0.2) is 31.8 Å². The monoisotopic (exact) mass is 468 g/mol. The lowest BCUT2D eigenvalue weighted by atomic mass is 10.1. The second-order valence-corrected chi connectivity index (χ2v) is 8.40. The Labute approximate surface area is 199 Å². The molecule has 0 aromatic carbocycles. The van der Waals surface area contributed by atoms with Crippen molar-refractivity contribution in [3.8, 4) is 11.3 Å². The maximum absolute atomic E-state index is 11.7. The van der Waals surface area contributed by atoms with Crippen molar-refractivity contribution in [1.29, 1.82) is 0 Å². The van der Waals surface area contributed by atoms with Crippen LogP contribution in [0.4, 0.5) is 11.4 Å². The molecule has 0 unspecified atom stereocenters. The fourth-order valence-electron chi connectivity index (χ4n) is 2.50. The highest BCUT2D eigenvalue weighted by Gasteiger charge is 2.11. The first-order valence-corrected chi connectivity index (χ1v) is 10.9. The normalized spacial score (nSPS) is 10.5. The van der Waals surface area contributed by atoms with Crippen molar-refractivity contribution in [2.75, 3.05) is 10.6 Å². The highest BCUT2D eigenvalue weighted by atomic mass is 35.5. The fraction of sp³-hybridized carbons (Fsp3) is 0.333. The van der Waals surface area contributed by atoms with Gasteiger partial charge in [0.15, 0.2) is 0 Å². The van der Waals surface area contributed by atoms with E-state index in [2.05, 4.69) is 30.6 Å². The van der Waals surface area contributed by atoms with Gasteiger partial charge in [-0.2, -0.15) is 0 Å². The van der Waals surface area contributed by atoms with Gasteiger partial charge in [-0.25, -0.2) is 15.0 Å². The van der Waals surface area contributed by atoms with Gasteiger partial charge in [0.1, 0.15) is 11.5 Å². The molecule has 0 atom stereocenters. The summed E-state index contributed by atoms with van der Waals surface area (Å²) in [6.45, 7) is 11.1. The first-order valence-electron chi connectivity index (χ1n) is 10.6. The van der Waals surface area contributed by atoms with Crippen LogP contribution >= 0.6 is 11.6 Å². The largest absolute Gasteiger partial charge is 0.324 e. The van der Waals surface area contributed by atoms with E-state index < -0.39 is 0 Å². The van der Waals surface area contributed by atoms with Gasteiger partial charge in [0, 0.05) is 29.8 Å². The first-order chi connectivity index (χ1) is 15.6. The number of aryl methyl sites for hydroxylation is 2. The molecule has 174 valence electrons. The lowest BCUT2D eigenvalue weighted by Crippen LogP contribution is -2.18. The molecule has 0 aliphatic heterocycles. The number of carbonyl (C=O) groups excluding carboxylic acids is 2. The van der Waals surface area contributed by atoms with Crippen molar-refractivity contribution >= 4 is 34.8 Å². The molecule has 3 aromatic rings. The Bertz CT molecular complexity index is 1100. The van der Waals surface area contributed by atoms with Crippen molar-refractivity contribution in [2.24, 2.45) is 11.8 Å². The highest BCUT2D eigenvalue weighted by molar-refractivity contribution is 6.29. The molecule has 0 radical (unpaired) electrons. The minimum Gasteiger partial charge on any atom is -0.324 e. The van der Waals surface area contributed by atoms with E-state index in [0.717, 1.165) is 28.3 Å². The first kappa shape index (κ1) is 25.9. The molecule has 0 aliphatic carbocycles. The molecule has 33 heavy (non-hydrogen) atoms. The van der Waals surface area contributed by atoms with E-state index in [1.807, 2.05) is 53.7 Å². The van der Waals surface area contributed by atoms with E-state index in [-0.39, 0.29) is 23.7 Å². The van der Waals surface area contributed by atoms with Crippen LogP contribution in [0.1, 0.15) is 39.1 Å². The van der Waals surface area contributed by atoms with Crippen LogP contribution in [0.15, 0.2) is 43.0 Å². The van der Waals surface area contributed by atoms with E-state index in [1.165, 1.54) is 6.33 Å². The predicted octanol–water partition coefficient (Wildman–Crippen LogP) is 5.08. The third kappa shape index (κ3) is 7.91. The Kier molecular flexibility index (Phi) is 9.42. The Hall–Kier alpha value is -3.39. The van der Waals surface area contributed by atoms with Gasteiger partial charge in [0.05, 0.1) is 28.5 Å². The Morgan fingerprint density at radius 2 is 1.27 bits per heavy atom. The maximum Gasteiger partial charge on any atom is 0.226 e. The summed E-state index contributed by atoms with van der Waals surface area (Å²) < 4.78 is 0. The number of rotatable bonds is 5. The Balaban J connectivity index is 0.000000245. The maximum atomic E-state index is 11.7. The predicted molar refractivity (Wildman–Crippen MR) is 131 cm³/mol. The van der Waals surface area contributed by atoms with Gasteiger partial charge < -0.3 is 10.6 Å². The van der Waals surface area contributed by atoms with Gasteiger partial charge in [-0.1, -0.05) is 39.3 Å². The molecule has 2 amide bonds. The molecule has 3 rings (SSSR count). The summed E-state index contributed by atoms with van der Waals surface area (Å²) in [5.41, 5.74) is 4.60. The van der Waals surface area contributed by atoms with Gasteiger partial charge >= 0.3 is 0 Å². The molecule has 3 heterocycles. The molecule has 0 spiro atoms. The Morgan fingerprint density at radius 1 is 0.788 bits per heavy atom. The number of pyridine rings is 2. The highest BCUT2D eigenvalue weighted by Crippen LogP contribution is 2.20. The molecular formula is C24H29ClN6O2. The van der Waals surface area contributed by atoms with E-state index >= 15 is 0 Å². The van der Waals surface area contributed by atoms with Crippen LogP contribution < -0.4 is 10.6 Å². The van der Waals surface area contributed by atoms with Crippen molar-refractivity contribution in [3.05, 3.63) is 59.5 Å². The zero-order valence-corrected chi connectivity index (χ0v) is 20.4. The number of carbonyl (C=O) groups is 2. The Morgan fingerprint density at radius 3 is 1.73 bits per heavy atom. The summed E-state index contributed by atoms with van der Waals surface area (Å²) in [4.78, 5) is 39.5. The van der Waals surface area contributed by atoms with Gasteiger partial charge in [-0.05, 0) is 38.1 Å². The van der Waals surface area contributed by atoms with Gasteiger partial charge in [0.25, 0.3) is 0 Å². The lowest BCUT2D eigenvalue weighted by Gasteiger charge is -2.11. The number of aromatic nitrogens is 4. The minimum absolute atomic E-state index is 0.0132. The molecule has 0 bridgehead atoms. The van der Waals surface area contributed by atoms with Crippen LogP contribution in [-0.2, 0) is 9.59 Å². The molecule has 0 saturated heterocycles. The molecule has 9 heteroatoms. The second-order valence-electron chi connectivity index (χ2n) is 8.01. The third-order valence-electron chi connectivity index (χ3n) is 4.56. The van der Waals surface area contributed by atoms with E-state index in [4.69, 9.17) is 11.6 Å². The molecule has 8 nitrogen and oxygen atoms in total. The number of hydrogen-bond acceptors (Lipinski definition) is 6. The van der Waals surface area contributed by atoms with Crippen LogP contribution in [0.2, 0.25) is 5.15 Å². The summed E-state index contributed by atoms with van der Waals surface area (Å²) in [6, 6.07) is 7.11. The molecule has 3 aromatic heterocycles. The molecule has 0 fully saturated rings.